The van der Waals surface area contributed by atoms with E-state index in [1.165, 1.54) is 12.1 Å². The Morgan fingerprint density at radius 1 is 1.20 bits per heavy atom. The molecule has 0 aromatic heterocycles. The molecule has 1 aromatic carbocycles. The molecule has 0 saturated carbocycles. The summed E-state index contributed by atoms with van der Waals surface area (Å²) < 4.78 is 52.2. The van der Waals surface area contributed by atoms with E-state index in [0.29, 0.717) is 25.9 Å². The lowest BCUT2D eigenvalue weighted by atomic mass is 10.1. The molecule has 1 aromatic rings. The van der Waals surface area contributed by atoms with E-state index in [-0.39, 0.29) is 12.1 Å². The molecular weight excluding hydrogens is 274 g/mol. The number of aliphatic hydroxyl groups excluding tert-OH is 1. The summed E-state index contributed by atoms with van der Waals surface area (Å²) >= 11 is 0. The molecule has 112 valence electrons. The molecule has 1 fully saturated rings. The van der Waals surface area contributed by atoms with Crippen molar-refractivity contribution in [3.8, 4) is 0 Å². The van der Waals surface area contributed by atoms with E-state index in [4.69, 9.17) is 0 Å². The van der Waals surface area contributed by atoms with Gasteiger partial charge in [-0.3, -0.25) is 4.90 Å². The van der Waals surface area contributed by atoms with Crippen molar-refractivity contribution in [2.45, 2.75) is 38.1 Å². The Morgan fingerprint density at radius 3 is 2.65 bits per heavy atom. The quantitative estimate of drug-likeness (QED) is 0.846. The van der Waals surface area contributed by atoms with Crippen LogP contribution < -0.4 is 0 Å². The molecule has 2 rings (SSSR count). The van der Waals surface area contributed by atoms with Crippen LogP contribution in [0.4, 0.5) is 17.6 Å². The summed E-state index contributed by atoms with van der Waals surface area (Å²) in [5.74, 6) is -1.23. The lowest BCUT2D eigenvalue weighted by Crippen LogP contribution is -2.26. The van der Waals surface area contributed by atoms with E-state index >= 15 is 0 Å². The first-order valence-corrected chi connectivity index (χ1v) is 6.63. The molecule has 0 amide bonds. The minimum Gasteiger partial charge on any atom is -0.393 e. The molecule has 1 N–H and O–H groups in total. The molecule has 20 heavy (non-hydrogen) atoms. The molecule has 1 heterocycles. The van der Waals surface area contributed by atoms with Crippen molar-refractivity contribution >= 4 is 0 Å². The van der Waals surface area contributed by atoms with E-state index in [0.717, 1.165) is 12.5 Å². The largest absolute Gasteiger partial charge is 0.419 e. The van der Waals surface area contributed by atoms with Gasteiger partial charge in [0.2, 0.25) is 0 Å². The third kappa shape index (κ3) is 3.70. The maximum atomic E-state index is 13.5. The molecule has 0 bridgehead atoms. The van der Waals surface area contributed by atoms with Crippen molar-refractivity contribution in [1.82, 2.24) is 4.90 Å². The number of halogens is 4. The van der Waals surface area contributed by atoms with Crippen LogP contribution in [-0.4, -0.2) is 29.2 Å². The molecule has 1 atom stereocenters. The molecule has 2 nitrogen and oxygen atoms in total. The van der Waals surface area contributed by atoms with Crippen LogP contribution in [0.25, 0.3) is 0 Å². The minimum atomic E-state index is -4.69. The van der Waals surface area contributed by atoms with E-state index in [1.54, 1.807) is 0 Å². The number of rotatable bonds is 2. The fourth-order valence-corrected chi connectivity index (χ4v) is 2.56. The Morgan fingerprint density at radius 2 is 1.95 bits per heavy atom. The normalized spacial score (nSPS) is 21.8. The predicted molar refractivity (Wildman–Crippen MR) is 66.5 cm³/mol. The fourth-order valence-electron chi connectivity index (χ4n) is 2.56. The first kappa shape index (κ1) is 15.3. The third-order valence-electron chi connectivity index (χ3n) is 3.57. The van der Waals surface area contributed by atoms with Crippen LogP contribution >= 0.6 is 0 Å². The van der Waals surface area contributed by atoms with Crippen molar-refractivity contribution < 1.29 is 22.7 Å². The highest BCUT2D eigenvalue weighted by atomic mass is 19.4. The second-order valence-corrected chi connectivity index (χ2v) is 5.13. The average molecular weight is 291 g/mol. The van der Waals surface area contributed by atoms with E-state index in [1.807, 2.05) is 4.90 Å². The number of likely N-dealkylation sites (tertiary alicyclic amines) is 1. The van der Waals surface area contributed by atoms with E-state index < -0.39 is 23.7 Å². The molecule has 0 aliphatic carbocycles. The van der Waals surface area contributed by atoms with Crippen molar-refractivity contribution in [3.63, 3.8) is 0 Å². The summed E-state index contributed by atoms with van der Waals surface area (Å²) in [6, 6.07) is 3.44. The first-order valence-electron chi connectivity index (χ1n) is 6.63. The van der Waals surface area contributed by atoms with Gasteiger partial charge in [0, 0.05) is 13.1 Å². The summed E-state index contributed by atoms with van der Waals surface area (Å²) in [5, 5.41) is 9.53. The van der Waals surface area contributed by atoms with Crippen LogP contribution in [0.3, 0.4) is 0 Å². The van der Waals surface area contributed by atoms with Gasteiger partial charge in [-0.2, -0.15) is 13.2 Å². The highest BCUT2D eigenvalue weighted by Gasteiger charge is 2.36. The van der Waals surface area contributed by atoms with Crippen LogP contribution in [0.2, 0.25) is 0 Å². The predicted octanol–water partition coefficient (Wildman–Crippen LogP) is 3.19. The zero-order valence-electron chi connectivity index (χ0n) is 11.0. The third-order valence-corrected chi connectivity index (χ3v) is 3.57. The Balaban J connectivity index is 2.19. The van der Waals surface area contributed by atoms with Gasteiger partial charge >= 0.3 is 6.18 Å². The SMILES string of the molecule is O[C@@H]1CCCN(Cc2cccc(F)c2C(F)(F)F)CC1. The van der Waals surface area contributed by atoms with Gasteiger partial charge in [0.15, 0.2) is 0 Å². The summed E-state index contributed by atoms with van der Waals surface area (Å²) in [7, 11) is 0. The molecular formula is C14H17F4NO. The van der Waals surface area contributed by atoms with Crippen LogP contribution in [0.15, 0.2) is 18.2 Å². The van der Waals surface area contributed by atoms with Gasteiger partial charge in [0.05, 0.1) is 11.7 Å². The Bertz CT molecular complexity index is 461. The topological polar surface area (TPSA) is 23.5 Å². The maximum Gasteiger partial charge on any atom is 0.419 e. The Hall–Kier alpha value is -1.14. The van der Waals surface area contributed by atoms with Crippen molar-refractivity contribution in [1.29, 1.82) is 0 Å². The molecule has 0 spiro atoms. The summed E-state index contributed by atoms with van der Waals surface area (Å²) in [5.41, 5.74) is -1.22. The Kier molecular flexibility index (Phi) is 4.65. The molecule has 1 saturated heterocycles. The second-order valence-electron chi connectivity index (χ2n) is 5.13. The number of benzene rings is 1. The van der Waals surface area contributed by atoms with Crippen molar-refractivity contribution in [2.24, 2.45) is 0 Å². The van der Waals surface area contributed by atoms with E-state index in [9.17, 15) is 22.7 Å². The van der Waals surface area contributed by atoms with Crippen molar-refractivity contribution in [2.75, 3.05) is 13.1 Å². The number of aliphatic hydroxyl groups is 1. The molecule has 1 aliphatic rings. The first-order chi connectivity index (χ1) is 9.38. The van der Waals surface area contributed by atoms with Crippen molar-refractivity contribution in [3.05, 3.63) is 35.1 Å². The van der Waals surface area contributed by atoms with Crippen LogP contribution in [0, 0.1) is 5.82 Å². The highest BCUT2D eigenvalue weighted by molar-refractivity contribution is 5.31. The van der Waals surface area contributed by atoms with Crippen LogP contribution in [0.5, 0.6) is 0 Å². The smallest absolute Gasteiger partial charge is 0.393 e. The monoisotopic (exact) mass is 291 g/mol. The average Bonchev–Trinajstić information content (AvgIpc) is 2.53. The number of alkyl halides is 3. The van der Waals surface area contributed by atoms with Crippen LogP contribution in [0.1, 0.15) is 30.4 Å². The number of hydrogen-bond donors (Lipinski definition) is 1. The summed E-state index contributed by atoms with van der Waals surface area (Å²) in [4.78, 5) is 1.83. The van der Waals surface area contributed by atoms with E-state index in [2.05, 4.69) is 0 Å². The van der Waals surface area contributed by atoms with Gasteiger partial charge in [-0.25, -0.2) is 4.39 Å². The van der Waals surface area contributed by atoms with Gasteiger partial charge in [-0.15, -0.1) is 0 Å². The van der Waals surface area contributed by atoms with Gasteiger partial charge in [-0.1, -0.05) is 12.1 Å². The highest BCUT2D eigenvalue weighted by Crippen LogP contribution is 2.34. The Labute approximate surface area is 115 Å². The molecule has 6 heteroatoms. The molecule has 0 unspecified atom stereocenters. The zero-order valence-corrected chi connectivity index (χ0v) is 11.0. The molecule has 1 aliphatic heterocycles. The maximum absolute atomic E-state index is 13.5. The number of hydrogen-bond acceptors (Lipinski definition) is 2. The lowest BCUT2D eigenvalue weighted by Gasteiger charge is -2.22. The standard InChI is InChI=1S/C14H17F4NO/c15-12-5-1-3-10(13(12)14(16,17)18)9-19-7-2-4-11(20)6-8-19/h1,3,5,11,20H,2,4,6-9H2/t11-/m1/s1. The summed E-state index contributed by atoms with van der Waals surface area (Å²) in [6.07, 6.45) is -3.15. The van der Waals surface area contributed by atoms with Gasteiger partial charge < -0.3 is 5.11 Å². The minimum absolute atomic E-state index is 0.0473. The summed E-state index contributed by atoms with van der Waals surface area (Å²) in [6.45, 7) is 1.19. The van der Waals surface area contributed by atoms with Crippen LogP contribution in [-0.2, 0) is 12.7 Å². The zero-order chi connectivity index (χ0) is 14.8. The van der Waals surface area contributed by atoms with Gasteiger partial charge in [-0.05, 0) is 37.4 Å². The molecule has 0 radical (unpaired) electrons. The lowest BCUT2D eigenvalue weighted by molar-refractivity contribution is -0.140. The number of nitrogens with zero attached hydrogens (tertiary/aromatic N) is 1. The van der Waals surface area contributed by atoms with Gasteiger partial charge in [0.25, 0.3) is 0 Å². The fraction of sp³-hybridized carbons (Fsp3) is 0.571. The van der Waals surface area contributed by atoms with Gasteiger partial charge in [0.1, 0.15) is 5.82 Å². The second kappa shape index (κ2) is 6.10.